The van der Waals surface area contributed by atoms with Crippen LogP contribution in [0.1, 0.15) is 30.2 Å². The molecule has 0 saturated carbocycles. The number of thiazole rings is 1. The molecule has 0 aliphatic carbocycles. The van der Waals surface area contributed by atoms with E-state index in [1.54, 1.807) is 0 Å². The van der Waals surface area contributed by atoms with Gasteiger partial charge in [0.2, 0.25) is 0 Å². The zero-order valence-corrected chi connectivity index (χ0v) is 15.9. The van der Waals surface area contributed by atoms with E-state index in [1.165, 1.54) is 28.3 Å². The number of rotatable bonds is 5. The molecule has 1 aliphatic rings. The zero-order chi connectivity index (χ0) is 16.1. The fraction of sp³-hybridized carbons (Fsp3) is 0.529. The molecule has 124 valence electrons. The van der Waals surface area contributed by atoms with Crippen LogP contribution in [-0.2, 0) is 0 Å². The Balaban J connectivity index is 1.60. The second-order valence-corrected chi connectivity index (χ2v) is 8.32. The summed E-state index contributed by atoms with van der Waals surface area (Å²) >= 11 is 9.30. The molecule has 1 aliphatic heterocycles. The lowest BCUT2D eigenvalue weighted by molar-refractivity contribution is 0.305. The Morgan fingerprint density at radius 3 is 3.17 bits per heavy atom. The van der Waals surface area contributed by atoms with E-state index in [0.717, 1.165) is 36.7 Å². The number of fused-ring (bicyclic) bond motifs is 1. The van der Waals surface area contributed by atoms with E-state index in [1.807, 2.05) is 23.1 Å². The van der Waals surface area contributed by atoms with E-state index >= 15 is 0 Å². The van der Waals surface area contributed by atoms with Crippen molar-refractivity contribution in [3.63, 3.8) is 0 Å². The molecule has 3 rings (SSSR count). The summed E-state index contributed by atoms with van der Waals surface area (Å²) in [6.45, 7) is 3.03. The molecule has 2 heterocycles. The Bertz CT molecular complexity index is 622. The summed E-state index contributed by atoms with van der Waals surface area (Å²) in [5.41, 5.74) is 1.13. The maximum atomic E-state index is 5.58. The minimum absolute atomic E-state index is 0.507. The Kier molecular flexibility index (Phi) is 6.14. The predicted molar refractivity (Wildman–Crippen MR) is 107 cm³/mol. The molecular formula is C17H23N3S3. The van der Waals surface area contributed by atoms with Gasteiger partial charge in [0.1, 0.15) is 0 Å². The first-order chi connectivity index (χ1) is 11.3. The van der Waals surface area contributed by atoms with Gasteiger partial charge in [-0.15, -0.1) is 11.3 Å². The average Bonchev–Trinajstić information content (AvgIpc) is 3.03. The van der Waals surface area contributed by atoms with Crippen LogP contribution in [0.2, 0.25) is 0 Å². The number of benzene rings is 1. The molecule has 1 N–H and O–H groups in total. The van der Waals surface area contributed by atoms with Crippen LogP contribution in [0.4, 0.5) is 0 Å². The molecule has 2 aromatic rings. The topological polar surface area (TPSA) is 28.2 Å². The van der Waals surface area contributed by atoms with Crippen LogP contribution in [0.5, 0.6) is 0 Å². The lowest BCUT2D eigenvalue weighted by atomic mass is 9.99. The highest BCUT2D eigenvalue weighted by molar-refractivity contribution is 7.98. The summed E-state index contributed by atoms with van der Waals surface area (Å²) < 4.78 is 1.29. The maximum absolute atomic E-state index is 5.58. The lowest BCUT2D eigenvalue weighted by Gasteiger charge is -2.33. The Morgan fingerprint density at radius 2 is 2.35 bits per heavy atom. The number of aromatic nitrogens is 1. The van der Waals surface area contributed by atoms with Crippen molar-refractivity contribution in [1.82, 2.24) is 15.2 Å². The Labute approximate surface area is 151 Å². The molecule has 3 nitrogen and oxygen atoms in total. The molecule has 1 saturated heterocycles. The molecule has 6 heteroatoms. The fourth-order valence-electron chi connectivity index (χ4n) is 2.95. The number of nitrogens with one attached hydrogen (secondary N) is 1. The van der Waals surface area contributed by atoms with Crippen molar-refractivity contribution >= 4 is 50.6 Å². The molecule has 0 radical (unpaired) electrons. The summed E-state index contributed by atoms with van der Waals surface area (Å²) in [6.07, 6.45) is 5.71. The van der Waals surface area contributed by atoms with Crippen molar-refractivity contribution < 1.29 is 0 Å². The third-order valence-electron chi connectivity index (χ3n) is 4.17. The van der Waals surface area contributed by atoms with Crippen LogP contribution in [0.3, 0.4) is 0 Å². The van der Waals surface area contributed by atoms with Crippen molar-refractivity contribution in [2.75, 3.05) is 31.6 Å². The van der Waals surface area contributed by atoms with E-state index < -0.39 is 0 Å². The van der Waals surface area contributed by atoms with Gasteiger partial charge >= 0.3 is 0 Å². The standard InChI is InChI=1S/C17H23N3S3/c1-22-11-5-9-18-17(21)20-10-4-6-13(12-20)16-19-14-7-2-3-8-15(14)23-16/h2-3,7-8,13H,4-6,9-12H2,1H3,(H,18,21)/t13-/m0/s1. The number of likely N-dealkylation sites (tertiary alicyclic amines) is 1. The number of hydrogen-bond donors (Lipinski definition) is 1. The highest BCUT2D eigenvalue weighted by Gasteiger charge is 2.25. The first kappa shape index (κ1) is 17.0. The minimum atomic E-state index is 0.507. The molecule has 1 atom stereocenters. The summed E-state index contributed by atoms with van der Waals surface area (Å²) in [5.74, 6) is 1.69. The van der Waals surface area contributed by atoms with Gasteiger partial charge in [0, 0.05) is 25.6 Å². The van der Waals surface area contributed by atoms with Crippen molar-refractivity contribution in [1.29, 1.82) is 0 Å². The second-order valence-electron chi connectivity index (χ2n) is 5.88. The molecule has 0 spiro atoms. The van der Waals surface area contributed by atoms with E-state index in [4.69, 9.17) is 17.2 Å². The van der Waals surface area contributed by atoms with Gasteiger partial charge in [-0.05, 0) is 55.6 Å². The van der Waals surface area contributed by atoms with Gasteiger partial charge in [-0.1, -0.05) is 12.1 Å². The predicted octanol–water partition coefficient (Wildman–Crippen LogP) is 4.10. The van der Waals surface area contributed by atoms with Gasteiger partial charge in [-0.25, -0.2) is 4.98 Å². The van der Waals surface area contributed by atoms with Gasteiger partial charge in [0.05, 0.1) is 15.2 Å². The summed E-state index contributed by atoms with van der Waals surface area (Å²) in [6, 6.07) is 8.42. The van der Waals surface area contributed by atoms with Gasteiger partial charge < -0.3 is 10.2 Å². The molecule has 1 aromatic heterocycles. The maximum Gasteiger partial charge on any atom is 0.168 e. The van der Waals surface area contributed by atoms with Crippen molar-refractivity contribution in [3.05, 3.63) is 29.3 Å². The summed E-state index contributed by atoms with van der Waals surface area (Å²) in [7, 11) is 0. The minimum Gasteiger partial charge on any atom is -0.363 e. The van der Waals surface area contributed by atoms with Crippen LogP contribution < -0.4 is 5.32 Å². The molecule has 0 bridgehead atoms. The smallest absolute Gasteiger partial charge is 0.168 e. The molecule has 23 heavy (non-hydrogen) atoms. The highest BCUT2D eigenvalue weighted by Crippen LogP contribution is 2.32. The summed E-state index contributed by atoms with van der Waals surface area (Å²) in [5, 5.41) is 5.59. The third-order valence-corrected chi connectivity index (χ3v) is 6.47. The molecular weight excluding hydrogens is 342 g/mol. The Hall–Kier alpha value is -0.850. The normalized spacial score (nSPS) is 18.3. The molecule has 1 fully saturated rings. The Morgan fingerprint density at radius 1 is 1.48 bits per heavy atom. The van der Waals surface area contributed by atoms with Crippen LogP contribution in [0.25, 0.3) is 10.2 Å². The third kappa shape index (κ3) is 4.37. The highest BCUT2D eigenvalue weighted by atomic mass is 32.2. The van der Waals surface area contributed by atoms with E-state index in [9.17, 15) is 0 Å². The van der Waals surface area contributed by atoms with E-state index in [-0.39, 0.29) is 0 Å². The van der Waals surface area contributed by atoms with Crippen molar-refractivity contribution in [3.8, 4) is 0 Å². The van der Waals surface area contributed by atoms with Crippen molar-refractivity contribution in [2.24, 2.45) is 0 Å². The van der Waals surface area contributed by atoms with Gasteiger partial charge in [0.15, 0.2) is 5.11 Å². The van der Waals surface area contributed by atoms with E-state index in [0.29, 0.717) is 5.92 Å². The zero-order valence-electron chi connectivity index (χ0n) is 13.5. The van der Waals surface area contributed by atoms with Crippen LogP contribution in [0, 0.1) is 0 Å². The first-order valence-electron chi connectivity index (χ1n) is 8.15. The number of thiocarbonyl (C=S) groups is 1. The van der Waals surface area contributed by atoms with Gasteiger partial charge in [-0.2, -0.15) is 11.8 Å². The molecule has 0 unspecified atom stereocenters. The monoisotopic (exact) mass is 365 g/mol. The van der Waals surface area contributed by atoms with Gasteiger partial charge in [-0.3, -0.25) is 0 Å². The van der Waals surface area contributed by atoms with Crippen LogP contribution in [0.15, 0.2) is 24.3 Å². The second kappa shape index (κ2) is 8.31. The molecule has 1 aromatic carbocycles. The van der Waals surface area contributed by atoms with Gasteiger partial charge in [0.25, 0.3) is 0 Å². The SMILES string of the molecule is CSCCCNC(=S)N1CCC[C@H](c2nc3ccccc3s2)C1. The number of thioether (sulfide) groups is 1. The molecule has 0 amide bonds. The van der Waals surface area contributed by atoms with Crippen LogP contribution >= 0.6 is 35.3 Å². The van der Waals surface area contributed by atoms with E-state index in [2.05, 4.69) is 40.7 Å². The summed E-state index contributed by atoms with van der Waals surface area (Å²) in [4.78, 5) is 7.17. The quantitative estimate of drug-likeness (QED) is 0.636. The van der Waals surface area contributed by atoms with Crippen LogP contribution in [-0.4, -0.2) is 46.6 Å². The average molecular weight is 366 g/mol. The lowest BCUT2D eigenvalue weighted by Crippen LogP contribution is -2.45. The first-order valence-corrected chi connectivity index (χ1v) is 10.8. The number of para-hydroxylation sites is 1. The number of nitrogens with zero attached hydrogens (tertiary/aromatic N) is 2. The number of piperidine rings is 1. The fourth-order valence-corrected chi connectivity index (χ4v) is 4.75. The van der Waals surface area contributed by atoms with Crippen molar-refractivity contribution in [2.45, 2.75) is 25.2 Å². The largest absolute Gasteiger partial charge is 0.363 e. The number of hydrogen-bond acceptors (Lipinski definition) is 4.